The number of hydrogen-bond donors (Lipinski definition) is 1. The first-order valence-electron chi connectivity index (χ1n) is 10.0. The summed E-state index contributed by atoms with van der Waals surface area (Å²) in [5.41, 5.74) is 3.01. The minimum Gasteiger partial charge on any atom is -0.493 e. The topological polar surface area (TPSA) is 76.7 Å². The molecule has 2 aromatic rings. The quantitative estimate of drug-likeness (QED) is 0.850. The molecule has 3 heterocycles. The highest BCUT2D eigenvalue weighted by Gasteiger charge is 2.26. The lowest BCUT2D eigenvalue weighted by molar-refractivity contribution is 0.00387. The number of aromatic amines is 1. The summed E-state index contributed by atoms with van der Waals surface area (Å²) in [6.45, 7) is 4.50. The smallest absolute Gasteiger partial charge is 0.414 e. The molecule has 7 heteroatoms. The van der Waals surface area contributed by atoms with Gasteiger partial charge in [0.25, 0.3) is 0 Å². The normalized spacial score (nSPS) is 19.5. The van der Waals surface area contributed by atoms with E-state index in [9.17, 15) is 4.79 Å². The minimum atomic E-state index is -0.296. The van der Waals surface area contributed by atoms with E-state index in [-0.39, 0.29) is 12.2 Å². The van der Waals surface area contributed by atoms with E-state index in [2.05, 4.69) is 16.0 Å². The SMILES string of the molecule is CCN(C(=O)OC1CCOCC1)c1ccc2c(c1)C(Cc1c[nH]cn1)CCO2. The molecule has 0 bridgehead atoms. The van der Waals surface area contributed by atoms with Crippen LogP contribution in [0.4, 0.5) is 10.5 Å². The first-order chi connectivity index (χ1) is 13.7. The summed E-state index contributed by atoms with van der Waals surface area (Å²) in [4.78, 5) is 21.8. The van der Waals surface area contributed by atoms with E-state index in [1.54, 1.807) is 11.2 Å². The number of nitrogens with one attached hydrogen (secondary N) is 1. The van der Waals surface area contributed by atoms with E-state index < -0.39 is 0 Å². The van der Waals surface area contributed by atoms with E-state index >= 15 is 0 Å². The number of H-pyrrole nitrogens is 1. The van der Waals surface area contributed by atoms with Gasteiger partial charge in [-0.25, -0.2) is 9.78 Å². The van der Waals surface area contributed by atoms with Crippen molar-refractivity contribution in [2.75, 3.05) is 31.3 Å². The predicted molar refractivity (Wildman–Crippen MR) is 105 cm³/mol. The molecule has 1 aromatic heterocycles. The van der Waals surface area contributed by atoms with Crippen molar-refractivity contribution >= 4 is 11.8 Å². The van der Waals surface area contributed by atoms with Crippen LogP contribution in [0.15, 0.2) is 30.7 Å². The van der Waals surface area contributed by atoms with Crippen LogP contribution in [0.25, 0.3) is 0 Å². The van der Waals surface area contributed by atoms with E-state index in [1.165, 1.54) is 0 Å². The number of aromatic nitrogens is 2. The lowest BCUT2D eigenvalue weighted by atomic mass is 9.89. The summed E-state index contributed by atoms with van der Waals surface area (Å²) in [5, 5.41) is 0. The Kier molecular flexibility index (Phi) is 5.81. The Morgan fingerprint density at radius 2 is 2.14 bits per heavy atom. The van der Waals surface area contributed by atoms with Crippen molar-refractivity contribution in [2.45, 2.75) is 44.6 Å². The number of hydrogen-bond acceptors (Lipinski definition) is 5. The molecule has 2 aliphatic rings. The maximum atomic E-state index is 12.8. The maximum Gasteiger partial charge on any atom is 0.414 e. The zero-order chi connectivity index (χ0) is 19.3. The molecule has 0 aliphatic carbocycles. The van der Waals surface area contributed by atoms with Crippen LogP contribution >= 0.6 is 0 Å². The molecule has 1 unspecified atom stereocenters. The Hall–Kier alpha value is -2.54. The molecule has 150 valence electrons. The predicted octanol–water partition coefficient (Wildman–Crippen LogP) is 3.66. The molecule has 1 amide bonds. The van der Waals surface area contributed by atoms with E-state index in [1.807, 2.05) is 25.3 Å². The summed E-state index contributed by atoms with van der Waals surface area (Å²) in [5.74, 6) is 1.21. The van der Waals surface area contributed by atoms with Crippen LogP contribution in [0.5, 0.6) is 5.75 Å². The van der Waals surface area contributed by atoms with E-state index in [0.717, 1.165) is 48.4 Å². The molecule has 7 nitrogen and oxygen atoms in total. The molecule has 0 radical (unpaired) electrons. The number of carbonyl (C=O) groups excluding carboxylic acids is 1. The number of amides is 1. The van der Waals surface area contributed by atoms with Crippen LogP contribution in [-0.4, -0.2) is 48.5 Å². The van der Waals surface area contributed by atoms with Gasteiger partial charge >= 0.3 is 6.09 Å². The third-order valence-electron chi connectivity index (χ3n) is 5.45. The van der Waals surface area contributed by atoms with E-state index in [0.29, 0.717) is 32.3 Å². The maximum absolute atomic E-state index is 12.8. The third kappa shape index (κ3) is 4.14. The fourth-order valence-corrected chi connectivity index (χ4v) is 3.90. The van der Waals surface area contributed by atoms with E-state index in [4.69, 9.17) is 14.2 Å². The second kappa shape index (κ2) is 8.65. The lowest BCUT2D eigenvalue weighted by Gasteiger charge is -2.29. The molecule has 4 rings (SSSR count). The molecule has 0 saturated carbocycles. The fraction of sp³-hybridized carbons (Fsp3) is 0.524. The van der Waals surface area contributed by atoms with Gasteiger partial charge in [-0.15, -0.1) is 0 Å². The fourth-order valence-electron chi connectivity index (χ4n) is 3.90. The van der Waals surface area contributed by atoms with Gasteiger partial charge in [0, 0.05) is 31.3 Å². The van der Waals surface area contributed by atoms with Crippen molar-refractivity contribution in [3.63, 3.8) is 0 Å². The number of rotatable bonds is 5. The Balaban J connectivity index is 1.52. The highest BCUT2D eigenvalue weighted by Crippen LogP contribution is 2.38. The first-order valence-corrected chi connectivity index (χ1v) is 10.0. The van der Waals surface area contributed by atoms with Gasteiger partial charge in [0.05, 0.1) is 31.8 Å². The Bertz CT molecular complexity index is 787. The molecule has 28 heavy (non-hydrogen) atoms. The van der Waals surface area contributed by atoms with Crippen LogP contribution < -0.4 is 9.64 Å². The number of carbonyl (C=O) groups is 1. The Morgan fingerprint density at radius 3 is 2.89 bits per heavy atom. The summed E-state index contributed by atoms with van der Waals surface area (Å²) in [6.07, 6.45) is 6.57. The molecular formula is C21H27N3O4. The highest BCUT2D eigenvalue weighted by molar-refractivity contribution is 5.88. The molecule has 1 fully saturated rings. The van der Waals surface area contributed by atoms with Gasteiger partial charge in [0.15, 0.2) is 0 Å². The van der Waals surface area contributed by atoms with Crippen LogP contribution in [-0.2, 0) is 15.9 Å². The van der Waals surface area contributed by atoms with Gasteiger partial charge in [-0.1, -0.05) is 0 Å². The molecular weight excluding hydrogens is 358 g/mol. The van der Waals surface area contributed by atoms with Crippen LogP contribution in [0.2, 0.25) is 0 Å². The number of ether oxygens (including phenoxy) is 3. The average molecular weight is 385 g/mol. The number of anilines is 1. The number of benzene rings is 1. The monoisotopic (exact) mass is 385 g/mol. The minimum absolute atomic E-state index is 0.0660. The highest BCUT2D eigenvalue weighted by atomic mass is 16.6. The summed E-state index contributed by atoms with van der Waals surface area (Å²) < 4.78 is 16.9. The first kappa shape index (κ1) is 18.8. The second-order valence-electron chi connectivity index (χ2n) is 7.26. The molecule has 1 N–H and O–H groups in total. The van der Waals surface area contributed by atoms with Crippen LogP contribution in [0, 0.1) is 0 Å². The van der Waals surface area contributed by atoms with Gasteiger partial charge in [-0.2, -0.15) is 0 Å². The summed E-state index contributed by atoms with van der Waals surface area (Å²) in [6, 6.07) is 5.97. The van der Waals surface area contributed by atoms with Crippen molar-refractivity contribution in [1.82, 2.24) is 9.97 Å². The lowest BCUT2D eigenvalue weighted by Crippen LogP contribution is -2.36. The van der Waals surface area contributed by atoms with Crippen molar-refractivity contribution in [3.05, 3.63) is 42.0 Å². The standard InChI is InChI=1S/C21H27N3O4/c1-2-24(21(25)28-18-6-8-26-9-7-18)17-3-4-20-19(12-17)15(5-10-27-20)11-16-13-22-14-23-16/h3-4,12-15,18H,2,5-11H2,1H3,(H,22,23). The molecule has 1 saturated heterocycles. The number of nitrogens with zero attached hydrogens (tertiary/aromatic N) is 2. The molecule has 1 atom stereocenters. The largest absolute Gasteiger partial charge is 0.493 e. The van der Waals surface area contributed by atoms with Gasteiger partial charge < -0.3 is 19.2 Å². The van der Waals surface area contributed by atoms with Crippen LogP contribution in [0.3, 0.4) is 0 Å². The Labute approximate surface area is 165 Å². The molecule has 0 spiro atoms. The van der Waals surface area contributed by atoms with Crippen molar-refractivity contribution in [3.8, 4) is 5.75 Å². The molecule has 2 aliphatic heterocycles. The zero-order valence-electron chi connectivity index (χ0n) is 16.2. The number of imidazole rings is 1. The molecule has 1 aromatic carbocycles. The third-order valence-corrected chi connectivity index (χ3v) is 5.45. The van der Waals surface area contributed by atoms with Crippen molar-refractivity contribution < 1.29 is 19.0 Å². The summed E-state index contributed by atoms with van der Waals surface area (Å²) >= 11 is 0. The van der Waals surface area contributed by atoms with Gasteiger partial charge in [0.2, 0.25) is 0 Å². The van der Waals surface area contributed by atoms with Crippen molar-refractivity contribution in [2.24, 2.45) is 0 Å². The zero-order valence-corrected chi connectivity index (χ0v) is 16.2. The van der Waals surface area contributed by atoms with Gasteiger partial charge in [0.1, 0.15) is 11.9 Å². The van der Waals surface area contributed by atoms with Crippen LogP contribution in [0.1, 0.15) is 43.4 Å². The summed E-state index contributed by atoms with van der Waals surface area (Å²) in [7, 11) is 0. The Morgan fingerprint density at radius 1 is 1.29 bits per heavy atom. The second-order valence-corrected chi connectivity index (χ2v) is 7.26. The average Bonchev–Trinajstić information content (AvgIpc) is 3.23. The van der Waals surface area contributed by atoms with Gasteiger partial charge in [-0.3, -0.25) is 4.90 Å². The number of fused-ring (bicyclic) bond motifs is 1. The van der Waals surface area contributed by atoms with Gasteiger partial charge in [-0.05, 0) is 49.4 Å². The van der Waals surface area contributed by atoms with Crippen molar-refractivity contribution in [1.29, 1.82) is 0 Å².